The molecule has 0 saturated carbocycles. The minimum atomic E-state index is -3.10. The molecule has 20 heavy (non-hydrogen) atoms. The molecular formula is C12H22N4O3S. The summed E-state index contributed by atoms with van der Waals surface area (Å²) in [5, 5.41) is 8.47. The highest BCUT2D eigenvalue weighted by molar-refractivity contribution is 7.88. The molecule has 114 valence electrons. The minimum absolute atomic E-state index is 0.0193. The van der Waals surface area contributed by atoms with E-state index in [1.165, 1.54) is 10.6 Å². The number of hydrogen-bond acceptors (Lipinski definition) is 5. The Morgan fingerprint density at radius 2 is 1.90 bits per heavy atom. The van der Waals surface area contributed by atoms with Crippen molar-refractivity contribution < 1.29 is 13.2 Å². The second kappa shape index (κ2) is 7.57. The third kappa shape index (κ3) is 5.45. The second-order valence-electron chi connectivity index (χ2n) is 4.98. The van der Waals surface area contributed by atoms with E-state index in [2.05, 4.69) is 4.90 Å². The van der Waals surface area contributed by atoms with Crippen LogP contribution in [0.1, 0.15) is 12.8 Å². The van der Waals surface area contributed by atoms with Crippen molar-refractivity contribution in [1.82, 2.24) is 14.1 Å². The number of carbonyl (C=O) groups excluding carboxylic acids is 1. The Bertz CT molecular complexity index is 464. The molecule has 1 aliphatic heterocycles. The van der Waals surface area contributed by atoms with Crippen molar-refractivity contribution in [3.8, 4) is 6.07 Å². The molecule has 0 bridgehead atoms. The molecule has 1 aliphatic rings. The smallest absolute Gasteiger partial charge is 0.223 e. The lowest BCUT2D eigenvalue weighted by atomic mass is 10.3. The van der Waals surface area contributed by atoms with E-state index in [9.17, 15) is 13.2 Å². The third-order valence-corrected chi connectivity index (χ3v) is 4.73. The lowest BCUT2D eigenvalue weighted by Crippen LogP contribution is -2.48. The first kappa shape index (κ1) is 16.9. The Hall–Kier alpha value is -1.17. The van der Waals surface area contributed by atoms with Crippen LogP contribution >= 0.6 is 0 Å². The quantitative estimate of drug-likeness (QED) is 0.649. The van der Waals surface area contributed by atoms with Crippen LogP contribution in [0.2, 0.25) is 0 Å². The largest absolute Gasteiger partial charge is 0.345 e. The summed E-state index contributed by atoms with van der Waals surface area (Å²) >= 11 is 0. The molecular weight excluding hydrogens is 280 g/mol. The van der Waals surface area contributed by atoms with E-state index in [-0.39, 0.29) is 5.91 Å². The third-order valence-electron chi connectivity index (χ3n) is 3.43. The SMILES string of the molecule is CN(CCC#N)C(=O)CCN1CCN(S(C)(=O)=O)CC1. The number of carbonyl (C=O) groups is 1. The molecule has 1 fully saturated rings. The first-order chi connectivity index (χ1) is 9.34. The van der Waals surface area contributed by atoms with Crippen LogP contribution in [0, 0.1) is 11.3 Å². The Labute approximate surface area is 120 Å². The van der Waals surface area contributed by atoms with Gasteiger partial charge in [-0.1, -0.05) is 0 Å². The first-order valence-corrected chi connectivity index (χ1v) is 8.48. The summed E-state index contributed by atoms with van der Waals surface area (Å²) in [7, 11) is -1.41. The summed E-state index contributed by atoms with van der Waals surface area (Å²) in [6, 6.07) is 2.01. The van der Waals surface area contributed by atoms with Crippen LogP contribution in [0.3, 0.4) is 0 Å². The van der Waals surface area contributed by atoms with Crippen molar-refractivity contribution in [3.63, 3.8) is 0 Å². The van der Waals surface area contributed by atoms with Gasteiger partial charge in [0.25, 0.3) is 0 Å². The van der Waals surface area contributed by atoms with Crippen LogP contribution in [0.25, 0.3) is 0 Å². The predicted octanol–water partition coefficient (Wildman–Crippen LogP) is -0.674. The zero-order valence-electron chi connectivity index (χ0n) is 12.1. The van der Waals surface area contributed by atoms with E-state index < -0.39 is 10.0 Å². The maximum Gasteiger partial charge on any atom is 0.223 e. The molecule has 0 aliphatic carbocycles. The summed E-state index contributed by atoms with van der Waals surface area (Å²) in [4.78, 5) is 15.5. The number of nitrogens with zero attached hydrogens (tertiary/aromatic N) is 4. The number of nitriles is 1. The summed E-state index contributed by atoms with van der Waals surface area (Å²) in [5.41, 5.74) is 0. The minimum Gasteiger partial charge on any atom is -0.345 e. The second-order valence-corrected chi connectivity index (χ2v) is 6.96. The highest BCUT2D eigenvalue weighted by Crippen LogP contribution is 2.06. The first-order valence-electron chi connectivity index (χ1n) is 6.63. The molecule has 8 heteroatoms. The fraction of sp³-hybridized carbons (Fsp3) is 0.833. The highest BCUT2D eigenvalue weighted by Gasteiger charge is 2.23. The molecule has 0 N–H and O–H groups in total. The van der Waals surface area contributed by atoms with Crippen LogP contribution in [-0.2, 0) is 14.8 Å². The molecule has 0 aromatic carbocycles. The summed E-state index contributed by atoms with van der Waals surface area (Å²) in [6.45, 7) is 3.36. The van der Waals surface area contributed by atoms with Crippen LogP contribution in [0.4, 0.5) is 0 Å². The fourth-order valence-corrected chi connectivity index (χ4v) is 2.90. The van der Waals surface area contributed by atoms with Crippen molar-refractivity contribution in [1.29, 1.82) is 5.26 Å². The van der Waals surface area contributed by atoms with Gasteiger partial charge < -0.3 is 9.80 Å². The van der Waals surface area contributed by atoms with Crippen molar-refractivity contribution in [2.45, 2.75) is 12.8 Å². The molecule has 1 amide bonds. The van der Waals surface area contributed by atoms with Crippen LogP contribution in [0.5, 0.6) is 0 Å². The molecule has 0 aromatic heterocycles. The maximum absolute atomic E-state index is 11.8. The van der Waals surface area contributed by atoms with Gasteiger partial charge in [-0.15, -0.1) is 0 Å². The van der Waals surface area contributed by atoms with Gasteiger partial charge in [-0.25, -0.2) is 8.42 Å². The van der Waals surface area contributed by atoms with E-state index in [1.54, 1.807) is 11.9 Å². The standard InChI is InChI=1S/C12H22N4O3S/c1-14(6-3-5-13)12(17)4-7-15-8-10-16(11-9-15)20(2,18)19/h3-4,6-11H2,1-2H3. The van der Waals surface area contributed by atoms with Crippen LogP contribution in [-0.4, -0.2) is 81.0 Å². The van der Waals surface area contributed by atoms with E-state index in [4.69, 9.17) is 5.26 Å². The highest BCUT2D eigenvalue weighted by atomic mass is 32.2. The molecule has 0 radical (unpaired) electrons. The van der Waals surface area contributed by atoms with Gasteiger partial charge in [0.15, 0.2) is 0 Å². The van der Waals surface area contributed by atoms with E-state index in [0.717, 1.165) is 0 Å². The molecule has 7 nitrogen and oxygen atoms in total. The fourth-order valence-electron chi connectivity index (χ4n) is 2.07. The monoisotopic (exact) mass is 302 g/mol. The maximum atomic E-state index is 11.8. The zero-order valence-corrected chi connectivity index (χ0v) is 12.9. The zero-order chi connectivity index (χ0) is 15.2. The van der Waals surface area contributed by atoms with Gasteiger partial charge in [-0.3, -0.25) is 4.79 Å². The van der Waals surface area contributed by atoms with Crippen molar-refractivity contribution in [2.75, 3.05) is 52.6 Å². The molecule has 1 saturated heterocycles. The van der Waals surface area contributed by atoms with Gasteiger partial charge in [-0.2, -0.15) is 9.57 Å². The Kier molecular flexibility index (Phi) is 6.39. The lowest BCUT2D eigenvalue weighted by Gasteiger charge is -2.33. The lowest BCUT2D eigenvalue weighted by molar-refractivity contribution is -0.130. The Morgan fingerprint density at radius 3 is 2.40 bits per heavy atom. The average molecular weight is 302 g/mol. The van der Waals surface area contributed by atoms with Gasteiger partial charge in [0.1, 0.15) is 0 Å². The predicted molar refractivity (Wildman–Crippen MR) is 75.3 cm³/mol. The molecule has 0 atom stereocenters. The van der Waals surface area contributed by atoms with E-state index in [0.29, 0.717) is 52.1 Å². The summed E-state index contributed by atoms with van der Waals surface area (Å²) in [6.07, 6.45) is 1.96. The van der Waals surface area contributed by atoms with Crippen LogP contribution < -0.4 is 0 Å². The number of sulfonamides is 1. The van der Waals surface area contributed by atoms with Gasteiger partial charge in [-0.05, 0) is 0 Å². The van der Waals surface area contributed by atoms with Gasteiger partial charge >= 0.3 is 0 Å². The Balaban J connectivity index is 2.28. The van der Waals surface area contributed by atoms with Crippen molar-refractivity contribution >= 4 is 15.9 Å². The van der Waals surface area contributed by atoms with Crippen molar-refractivity contribution in [2.24, 2.45) is 0 Å². The molecule has 1 rings (SSSR count). The van der Waals surface area contributed by atoms with Crippen LogP contribution in [0.15, 0.2) is 0 Å². The molecule has 0 aromatic rings. The van der Waals surface area contributed by atoms with Gasteiger partial charge in [0, 0.05) is 52.7 Å². The summed E-state index contributed by atoms with van der Waals surface area (Å²) < 4.78 is 24.2. The number of rotatable bonds is 6. The number of amides is 1. The Morgan fingerprint density at radius 1 is 1.30 bits per heavy atom. The van der Waals surface area contributed by atoms with Gasteiger partial charge in [0.2, 0.25) is 15.9 Å². The normalized spacial score (nSPS) is 17.6. The van der Waals surface area contributed by atoms with Crippen molar-refractivity contribution in [3.05, 3.63) is 0 Å². The molecule has 0 unspecified atom stereocenters. The average Bonchev–Trinajstić information content (AvgIpc) is 2.41. The number of piperazine rings is 1. The van der Waals surface area contributed by atoms with E-state index in [1.807, 2.05) is 6.07 Å². The van der Waals surface area contributed by atoms with Gasteiger partial charge in [0.05, 0.1) is 18.7 Å². The topological polar surface area (TPSA) is 84.7 Å². The van der Waals surface area contributed by atoms with E-state index >= 15 is 0 Å². The summed E-state index contributed by atoms with van der Waals surface area (Å²) in [5.74, 6) is 0.0193. The molecule has 1 heterocycles. The number of hydrogen-bond donors (Lipinski definition) is 0. The molecule has 0 spiro atoms.